The second-order valence-corrected chi connectivity index (χ2v) is 4.91. The summed E-state index contributed by atoms with van der Waals surface area (Å²) in [5.41, 5.74) is 6.66. The lowest BCUT2D eigenvalue weighted by Gasteiger charge is -2.14. The number of nitrogens with two attached hydrogens (primary N) is 1. The van der Waals surface area contributed by atoms with Crippen LogP contribution >= 0.6 is 0 Å². The van der Waals surface area contributed by atoms with Crippen molar-refractivity contribution in [3.63, 3.8) is 0 Å². The minimum absolute atomic E-state index is 0.0540. The minimum atomic E-state index is -0.248. The zero-order chi connectivity index (χ0) is 12.8. The summed E-state index contributed by atoms with van der Waals surface area (Å²) >= 11 is 0. The molecule has 0 aliphatic heterocycles. The second kappa shape index (κ2) is 3.89. The molecule has 7 heteroatoms. The number of rotatable bonds is 4. The van der Waals surface area contributed by atoms with Crippen molar-refractivity contribution in [3.05, 3.63) is 12.5 Å². The fourth-order valence-corrected chi connectivity index (χ4v) is 2.45. The average Bonchev–Trinajstić information content (AvgIpc) is 2.96. The maximum absolute atomic E-state index is 9.48. The largest absolute Gasteiger partial charge is 0.396 e. The summed E-state index contributed by atoms with van der Waals surface area (Å²) in [6.45, 7) is 0.741. The molecule has 3 rings (SSSR count). The van der Waals surface area contributed by atoms with Gasteiger partial charge in [0.1, 0.15) is 5.52 Å². The van der Waals surface area contributed by atoms with Crippen LogP contribution in [0.15, 0.2) is 12.5 Å². The number of aromatic nitrogens is 4. The Hall–Kier alpha value is -1.73. The highest BCUT2D eigenvalue weighted by atomic mass is 16.3. The minimum Gasteiger partial charge on any atom is -0.396 e. The molecule has 2 aromatic rings. The fraction of sp³-hybridized carbons (Fsp3) is 0.545. The summed E-state index contributed by atoms with van der Waals surface area (Å²) in [4.78, 5) is 12.2. The van der Waals surface area contributed by atoms with Crippen LogP contribution < -0.4 is 5.73 Å². The van der Waals surface area contributed by atoms with Crippen molar-refractivity contribution in [2.24, 2.45) is 11.3 Å². The predicted molar refractivity (Wildman–Crippen MR) is 64.4 cm³/mol. The molecule has 2 atom stereocenters. The number of imidazole rings is 1. The van der Waals surface area contributed by atoms with E-state index in [9.17, 15) is 10.2 Å². The van der Waals surface area contributed by atoms with E-state index in [1.165, 1.54) is 0 Å². The third kappa shape index (κ3) is 1.63. The van der Waals surface area contributed by atoms with Gasteiger partial charge in [-0.25, -0.2) is 9.97 Å². The van der Waals surface area contributed by atoms with Gasteiger partial charge in [0.05, 0.1) is 19.1 Å². The maximum atomic E-state index is 9.48. The first-order chi connectivity index (χ1) is 8.68. The molecule has 96 valence electrons. The lowest BCUT2D eigenvalue weighted by Crippen LogP contribution is -2.19. The van der Waals surface area contributed by atoms with E-state index in [1.807, 2.05) is 4.57 Å². The van der Waals surface area contributed by atoms with Gasteiger partial charge < -0.3 is 20.5 Å². The molecule has 0 aromatic carbocycles. The van der Waals surface area contributed by atoms with Crippen LogP contribution in [0.2, 0.25) is 0 Å². The van der Waals surface area contributed by atoms with E-state index in [0.717, 1.165) is 6.42 Å². The molecular formula is C11H15N5O2. The summed E-state index contributed by atoms with van der Waals surface area (Å²) in [6, 6.07) is 0. The van der Waals surface area contributed by atoms with Gasteiger partial charge >= 0.3 is 0 Å². The topological polar surface area (TPSA) is 110 Å². The van der Waals surface area contributed by atoms with Gasteiger partial charge in [0.2, 0.25) is 5.95 Å². The van der Waals surface area contributed by atoms with Gasteiger partial charge in [-0.3, -0.25) is 0 Å². The molecule has 2 heterocycles. The van der Waals surface area contributed by atoms with Crippen LogP contribution in [0.5, 0.6) is 0 Å². The zero-order valence-electron chi connectivity index (χ0n) is 9.82. The Morgan fingerprint density at radius 1 is 1.44 bits per heavy atom. The van der Waals surface area contributed by atoms with Crippen molar-refractivity contribution in [2.45, 2.75) is 13.0 Å². The SMILES string of the molecule is Nc1ncc2ncn(C[C@]3(CO)CC3CO)c2n1. The number of aliphatic hydroxyl groups excluding tert-OH is 2. The smallest absolute Gasteiger partial charge is 0.222 e. The molecule has 0 spiro atoms. The molecule has 1 aliphatic rings. The van der Waals surface area contributed by atoms with Crippen molar-refractivity contribution < 1.29 is 10.2 Å². The number of hydrogen-bond acceptors (Lipinski definition) is 6. The van der Waals surface area contributed by atoms with Crippen molar-refractivity contribution in [1.82, 2.24) is 19.5 Å². The predicted octanol–water partition coefficient (Wildman–Crippen LogP) is -0.601. The Morgan fingerprint density at radius 2 is 2.28 bits per heavy atom. The molecule has 1 unspecified atom stereocenters. The first-order valence-electron chi connectivity index (χ1n) is 5.83. The normalized spacial score (nSPS) is 26.7. The highest BCUT2D eigenvalue weighted by Crippen LogP contribution is 2.53. The van der Waals surface area contributed by atoms with Crippen LogP contribution in [0.3, 0.4) is 0 Å². The van der Waals surface area contributed by atoms with Gasteiger partial charge in [-0.1, -0.05) is 0 Å². The molecule has 1 saturated carbocycles. The molecule has 1 aliphatic carbocycles. The quantitative estimate of drug-likeness (QED) is 0.667. The summed E-state index contributed by atoms with van der Waals surface area (Å²) in [6.07, 6.45) is 4.07. The maximum Gasteiger partial charge on any atom is 0.222 e. The van der Waals surface area contributed by atoms with E-state index >= 15 is 0 Å². The Kier molecular flexibility index (Phi) is 2.46. The molecule has 0 amide bonds. The van der Waals surface area contributed by atoms with E-state index in [4.69, 9.17) is 5.73 Å². The third-order valence-electron chi connectivity index (χ3n) is 3.76. The Bertz CT molecular complexity index is 584. The third-order valence-corrected chi connectivity index (χ3v) is 3.76. The van der Waals surface area contributed by atoms with Gasteiger partial charge in [-0.2, -0.15) is 4.98 Å². The summed E-state index contributed by atoms with van der Waals surface area (Å²) in [5, 5.41) is 18.7. The zero-order valence-corrected chi connectivity index (χ0v) is 9.82. The Balaban J connectivity index is 1.93. The summed E-state index contributed by atoms with van der Waals surface area (Å²) in [7, 11) is 0. The van der Waals surface area contributed by atoms with Crippen molar-refractivity contribution in [3.8, 4) is 0 Å². The highest BCUT2D eigenvalue weighted by molar-refractivity contribution is 5.70. The van der Waals surface area contributed by atoms with Gasteiger partial charge in [0.15, 0.2) is 5.65 Å². The Morgan fingerprint density at radius 3 is 2.94 bits per heavy atom. The van der Waals surface area contributed by atoms with Crippen molar-refractivity contribution in [2.75, 3.05) is 18.9 Å². The number of anilines is 1. The number of nitrogen functional groups attached to an aromatic ring is 1. The Labute approximate surface area is 103 Å². The second-order valence-electron chi connectivity index (χ2n) is 4.91. The average molecular weight is 249 g/mol. The van der Waals surface area contributed by atoms with E-state index in [0.29, 0.717) is 17.7 Å². The molecule has 2 aromatic heterocycles. The van der Waals surface area contributed by atoms with Crippen LogP contribution in [-0.2, 0) is 6.54 Å². The van der Waals surface area contributed by atoms with Crippen LogP contribution in [0.25, 0.3) is 11.2 Å². The number of hydrogen-bond donors (Lipinski definition) is 3. The monoisotopic (exact) mass is 249 g/mol. The first kappa shape index (κ1) is 11.4. The standard InChI is InChI=1S/C11H15N5O2/c12-10-13-2-8-9(15-10)16(6-14-8)4-11(5-18)1-7(11)3-17/h2,6-7,17-18H,1,3-5H2,(H2,12,13,15)/t7?,11-/m0/s1. The van der Waals surface area contributed by atoms with Gasteiger partial charge in [-0.05, 0) is 12.3 Å². The van der Waals surface area contributed by atoms with Crippen molar-refractivity contribution in [1.29, 1.82) is 0 Å². The summed E-state index contributed by atoms with van der Waals surface area (Å²) in [5.74, 6) is 0.357. The van der Waals surface area contributed by atoms with E-state index in [1.54, 1.807) is 12.5 Å². The molecule has 7 nitrogen and oxygen atoms in total. The molecule has 0 bridgehead atoms. The lowest BCUT2D eigenvalue weighted by atomic mass is 10.1. The van der Waals surface area contributed by atoms with E-state index < -0.39 is 0 Å². The van der Waals surface area contributed by atoms with Gasteiger partial charge in [0, 0.05) is 18.6 Å². The molecular weight excluding hydrogens is 234 g/mol. The number of nitrogens with zero attached hydrogens (tertiary/aromatic N) is 4. The molecule has 0 radical (unpaired) electrons. The van der Waals surface area contributed by atoms with E-state index in [2.05, 4.69) is 15.0 Å². The summed E-state index contributed by atoms with van der Waals surface area (Å²) < 4.78 is 1.86. The molecule has 1 fully saturated rings. The fourth-order valence-electron chi connectivity index (χ4n) is 2.45. The number of aliphatic hydroxyl groups is 2. The van der Waals surface area contributed by atoms with Crippen LogP contribution in [-0.4, -0.2) is 42.9 Å². The molecule has 0 saturated heterocycles. The number of fused-ring (bicyclic) bond motifs is 1. The van der Waals surface area contributed by atoms with Gasteiger partial charge in [-0.15, -0.1) is 0 Å². The van der Waals surface area contributed by atoms with Gasteiger partial charge in [0.25, 0.3) is 0 Å². The van der Waals surface area contributed by atoms with Crippen LogP contribution in [0, 0.1) is 11.3 Å². The lowest BCUT2D eigenvalue weighted by molar-refractivity contribution is 0.159. The first-order valence-corrected chi connectivity index (χ1v) is 5.83. The van der Waals surface area contributed by atoms with Crippen molar-refractivity contribution >= 4 is 17.1 Å². The molecule has 4 N–H and O–H groups in total. The van der Waals surface area contributed by atoms with Crippen LogP contribution in [0.1, 0.15) is 6.42 Å². The van der Waals surface area contributed by atoms with E-state index in [-0.39, 0.29) is 30.5 Å². The molecule has 18 heavy (non-hydrogen) atoms. The van der Waals surface area contributed by atoms with Crippen LogP contribution in [0.4, 0.5) is 5.95 Å². The highest BCUT2D eigenvalue weighted by Gasteiger charge is 2.53.